The Morgan fingerprint density at radius 2 is 1.31 bits per heavy atom. The van der Waals surface area contributed by atoms with Gasteiger partial charge in [-0.1, -0.05) is 76.2 Å². The SMILES string of the molecule is CC(C)(C)S(=O)Cl.CC(C)[C@H](N)C1=NC=C(c2ccc(-c3ccc(-c4cnc([C@@H](N)C(C)C)[nH]4)cc3)cc2)C1. The van der Waals surface area contributed by atoms with Gasteiger partial charge in [0, 0.05) is 24.4 Å². The highest BCUT2D eigenvalue weighted by Crippen LogP contribution is 2.29. The van der Waals surface area contributed by atoms with E-state index in [-0.39, 0.29) is 16.8 Å². The van der Waals surface area contributed by atoms with Crippen molar-refractivity contribution < 1.29 is 4.21 Å². The molecule has 0 amide bonds. The molecule has 3 atom stereocenters. The van der Waals surface area contributed by atoms with Gasteiger partial charge in [0.05, 0.1) is 22.7 Å². The number of aromatic amines is 1. The van der Waals surface area contributed by atoms with Gasteiger partial charge >= 0.3 is 0 Å². The standard InChI is InChI=1S/C27H33N5.C4H9ClOS/c1-16(2)25(28)23-13-22(14-30-23)20-7-5-18(6-8-20)19-9-11-21(12-10-19)24-15-31-27(32-24)26(29)17(3)4;1-4(2,3)7(5)6/h5-12,14-17,25-26H,13,28-29H2,1-4H3,(H,31,32);1-3H3/t25-,26-;/m0./s1. The topological polar surface area (TPSA) is 110 Å². The van der Waals surface area contributed by atoms with Gasteiger partial charge in [0.15, 0.2) is 0 Å². The van der Waals surface area contributed by atoms with Crippen LogP contribution < -0.4 is 11.5 Å². The Morgan fingerprint density at radius 1 is 0.846 bits per heavy atom. The molecule has 0 bridgehead atoms. The van der Waals surface area contributed by atoms with Crippen molar-refractivity contribution in [2.24, 2.45) is 28.3 Å². The molecule has 4 rings (SSSR count). The van der Waals surface area contributed by atoms with Crippen LogP contribution in [0.2, 0.25) is 0 Å². The Labute approximate surface area is 240 Å². The summed E-state index contributed by atoms with van der Waals surface area (Å²) in [6.45, 7) is 14.0. The van der Waals surface area contributed by atoms with Crippen LogP contribution in [0.15, 0.2) is 65.9 Å². The molecule has 8 heteroatoms. The fourth-order valence-electron chi connectivity index (χ4n) is 3.90. The highest BCUT2D eigenvalue weighted by atomic mass is 35.7. The van der Waals surface area contributed by atoms with E-state index in [1.165, 1.54) is 22.3 Å². The fourth-order valence-corrected chi connectivity index (χ4v) is 3.90. The van der Waals surface area contributed by atoms with Gasteiger partial charge < -0.3 is 16.5 Å². The number of halogens is 1. The van der Waals surface area contributed by atoms with E-state index in [1.54, 1.807) is 0 Å². The Kier molecular flexibility index (Phi) is 10.5. The molecule has 0 saturated carbocycles. The molecule has 5 N–H and O–H groups in total. The predicted molar refractivity (Wildman–Crippen MR) is 168 cm³/mol. The van der Waals surface area contributed by atoms with E-state index in [9.17, 15) is 4.21 Å². The molecule has 0 aliphatic carbocycles. The van der Waals surface area contributed by atoms with Crippen molar-refractivity contribution in [2.45, 2.75) is 71.7 Å². The van der Waals surface area contributed by atoms with Gasteiger partial charge in [-0.25, -0.2) is 9.19 Å². The number of nitrogens with zero attached hydrogens (tertiary/aromatic N) is 2. The zero-order chi connectivity index (χ0) is 28.9. The zero-order valence-electron chi connectivity index (χ0n) is 24.0. The van der Waals surface area contributed by atoms with Crippen molar-refractivity contribution in [3.8, 4) is 22.4 Å². The first-order chi connectivity index (χ1) is 18.3. The first kappa shape index (κ1) is 31.0. The summed E-state index contributed by atoms with van der Waals surface area (Å²) in [5, 5.41) is 0. The first-order valence-electron chi connectivity index (χ1n) is 13.4. The number of aliphatic imine (C=N–C) groups is 1. The summed E-state index contributed by atoms with van der Waals surface area (Å²) < 4.78 is 10.1. The summed E-state index contributed by atoms with van der Waals surface area (Å²) in [6, 6.07) is 17.1. The lowest BCUT2D eigenvalue weighted by Crippen LogP contribution is -2.34. The molecule has 0 spiro atoms. The quantitative estimate of drug-likeness (QED) is 0.261. The number of aromatic nitrogens is 2. The lowest BCUT2D eigenvalue weighted by Gasteiger charge is -2.16. The number of H-pyrrole nitrogens is 1. The second-order valence-corrected chi connectivity index (χ2v) is 14.2. The van der Waals surface area contributed by atoms with Crippen molar-refractivity contribution in [3.63, 3.8) is 0 Å². The highest BCUT2D eigenvalue weighted by Gasteiger charge is 2.20. The van der Waals surface area contributed by atoms with E-state index < -0.39 is 10.0 Å². The summed E-state index contributed by atoms with van der Waals surface area (Å²) >= 11 is 0. The number of hydrogen-bond donors (Lipinski definition) is 3. The minimum Gasteiger partial charge on any atom is -0.341 e. The molecular formula is C31H42ClN5OS. The molecular weight excluding hydrogens is 526 g/mol. The van der Waals surface area contributed by atoms with Gasteiger partial charge in [0.25, 0.3) is 0 Å². The molecule has 0 saturated heterocycles. The molecule has 3 aromatic rings. The lowest BCUT2D eigenvalue weighted by atomic mass is 9.93. The van der Waals surface area contributed by atoms with E-state index >= 15 is 0 Å². The number of imidazole rings is 1. The van der Waals surface area contributed by atoms with Gasteiger partial charge in [-0.3, -0.25) is 4.99 Å². The smallest absolute Gasteiger partial charge is 0.123 e. The van der Waals surface area contributed by atoms with E-state index in [2.05, 4.69) is 91.2 Å². The third kappa shape index (κ3) is 8.21. The summed E-state index contributed by atoms with van der Waals surface area (Å²) in [4.78, 5) is 12.4. The Hall–Kier alpha value is -2.58. The fraction of sp³-hybridized carbons (Fsp3) is 0.419. The molecule has 0 radical (unpaired) electrons. The number of benzene rings is 2. The molecule has 1 aliphatic rings. The van der Waals surface area contributed by atoms with E-state index in [4.69, 9.17) is 22.1 Å². The largest absolute Gasteiger partial charge is 0.341 e. The number of rotatable bonds is 7. The highest BCUT2D eigenvalue weighted by molar-refractivity contribution is 8.09. The Bertz CT molecular complexity index is 1320. The van der Waals surface area contributed by atoms with Crippen LogP contribution >= 0.6 is 10.7 Å². The molecule has 0 fully saturated rings. The Morgan fingerprint density at radius 3 is 1.77 bits per heavy atom. The summed E-state index contributed by atoms with van der Waals surface area (Å²) in [5.74, 6) is 1.56. The van der Waals surface area contributed by atoms with Gasteiger partial charge in [-0.2, -0.15) is 0 Å². The molecule has 39 heavy (non-hydrogen) atoms. The van der Waals surface area contributed by atoms with E-state index in [1.807, 2.05) is 33.2 Å². The third-order valence-electron chi connectivity index (χ3n) is 6.76. The zero-order valence-corrected chi connectivity index (χ0v) is 25.6. The molecule has 6 nitrogen and oxygen atoms in total. The summed E-state index contributed by atoms with van der Waals surface area (Å²) in [7, 11) is 4.02. The van der Waals surface area contributed by atoms with Gasteiger partial charge in [0.2, 0.25) is 0 Å². The average Bonchev–Trinajstić information content (AvgIpc) is 3.58. The van der Waals surface area contributed by atoms with Crippen LogP contribution in [0.4, 0.5) is 0 Å². The van der Waals surface area contributed by atoms with Crippen LogP contribution in [0, 0.1) is 11.8 Å². The first-order valence-corrected chi connectivity index (χ1v) is 15.4. The molecule has 1 aliphatic heterocycles. The van der Waals surface area contributed by atoms with Crippen LogP contribution in [-0.2, 0) is 10.0 Å². The number of nitrogens with two attached hydrogens (primary N) is 2. The average molecular weight is 568 g/mol. The molecule has 1 unspecified atom stereocenters. The number of hydrogen-bond acceptors (Lipinski definition) is 5. The normalized spacial score (nSPS) is 15.9. The van der Waals surface area contributed by atoms with Crippen LogP contribution in [0.1, 0.15) is 72.3 Å². The van der Waals surface area contributed by atoms with Crippen molar-refractivity contribution in [1.82, 2.24) is 9.97 Å². The lowest BCUT2D eigenvalue weighted by molar-refractivity contribution is 0.494. The van der Waals surface area contributed by atoms with Gasteiger partial charge in [0.1, 0.15) is 15.8 Å². The van der Waals surface area contributed by atoms with Crippen molar-refractivity contribution >= 4 is 32.0 Å². The van der Waals surface area contributed by atoms with Crippen molar-refractivity contribution in [2.75, 3.05) is 0 Å². The second kappa shape index (κ2) is 13.2. The minimum absolute atomic E-state index is 0.0219. The monoisotopic (exact) mass is 567 g/mol. The molecule has 2 aromatic carbocycles. The molecule has 210 valence electrons. The molecule has 1 aromatic heterocycles. The van der Waals surface area contributed by atoms with E-state index in [0.717, 1.165) is 29.2 Å². The van der Waals surface area contributed by atoms with Crippen LogP contribution in [-0.4, -0.2) is 30.7 Å². The predicted octanol–water partition coefficient (Wildman–Crippen LogP) is 7.26. The maximum atomic E-state index is 10.3. The van der Waals surface area contributed by atoms with Crippen LogP contribution in [0.5, 0.6) is 0 Å². The summed E-state index contributed by atoms with van der Waals surface area (Å²) in [6.07, 6.45) is 4.66. The number of nitrogens with one attached hydrogen (secondary N) is 1. The maximum Gasteiger partial charge on any atom is 0.123 e. The van der Waals surface area contributed by atoms with E-state index in [0.29, 0.717) is 11.8 Å². The third-order valence-corrected chi connectivity index (χ3v) is 9.11. The van der Waals surface area contributed by atoms with Crippen LogP contribution in [0.25, 0.3) is 28.0 Å². The van der Waals surface area contributed by atoms with Gasteiger partial charge in [-0.05, 0) is 71.1 Å². The van der Waals surface area contributed by atoms with Crippen molar-refractivity contribution in [1.29, 1.82) is 0 Å². The van der Waals surface area contributed by atoms with Gasteiger partial charge in [-0.15, -0.1) is 0 Å². The minimum atomic E-state index is -1.21. The van der Waals surface area contributed by atoms with Crippen LogP contribution in [0.3, 0.4) is 0 Å². The molecule has 2 heterocycles. The maximum absolute atomic E-state index is 10.3. The van der Waals surface area contributed by atoms with Crippen molar-refractivity contribution in [3.05, 3.63) is 72.3 Å². The summed E-state index contributed by atoms with van der Waals surface area (Å²) in [5.41, 5.74) is 20.4. The second-order valence-electron chi connectivity index (χ2n) is 11.7. The number of allylic oxidation sites excluding steroid dienone is 1. The Balaban J connectivity index is 0.000000532.